The molecule has 0 spiro atoms. The summed E-state index contributed by atoms with van der Waals surface area (Å²) in [6, 6.07) is 3.27. The zero-order valence-electron chi connectivity index (χ0n) is 11.8. The second-order valence-electron chi connectivity index (χ2n) is 4.81. The number of hydrogen-bond acceptors (Lipinski definition) is 4. The van der Waals surface area contributed by atoms with Crippen LogP contribution in [0.4, 0.5) is 5.69 Å². The summed E-state index contributed by atoms with van der Waals surface area (Å²) in [5.74, 6) is -0.377. The minimum Gasteiger partial charge on any atom is -0.399 e. The van der Waals surface area contributed by atoms with Crippen LogP contribution in [0.3, 0.4) is 0 Å². The van der Waals surface area contributed by atoms with Crippen molar-refractivity contribution >= 4 is 21.6 Å². The highest BCUT2D eigenvalue weighted by atomic mass is 32.2. The molecule has 0 radical (unpaired) electrons. The highest BCUT2D eigenvalue weighted by Crippen LogP contribution is 2.22. The van der Waals surface area contributed by atoms with Crippen molar-refractivity contribution in [3.63, 3.8) is 0 Å². The lowest BCUT2D eigenvalue weighted by molar-refractivity contribution is -0.118. The second kappa shape index (κ2) is 6.71. The zero-order chi connectivity index (χ0) is 15.3. The maximum absolute atomic E-state index is 12.2. The van der Waals surface area contributed by atoms with E-state index in [1.165, 1.54) is 0 Å². The molecule has 0 saturated heterocycles. The molecule has 1 aromatic rings. The third-order valence-electron chi connectivity index (χ3n) is 2.89. The van der Waals surface area contributed by atoms with Crippen molar-refractivity contribution in [3.05, 3.63) is 23.3 Å². The molecule has 1 aromatic carbocycles. The lowest BCUT2D eigenvalue weighted by Gasteiger charge is -2.12. The Balaban J connectivity index is 2.73. The summed E-state index contributed by atoms with van der Waals surface area (Å²) in [5.41, 5.74) is 12.5. The Bertz CT molecular complexity index is 574. The summed E-state index contributed by atoms with van der Waals surface area (Å²) < 4.78 is 27.0. The molecule has 0 fully saturated rings. The average Bonchev–Trinajstić information content (AvgIpc) is 2.25. The van der Waals surface area contributed by atoms with Gasteiger partial charge in [0.15, 0.2) is 0 Å². The third kappa shape index (κ3) is 4.50. The van der Waals surface area contributed by atoms with E-state index in [9.17, 15) is 13.2 Å². The summed E-state index contributed by atoms with van der Waals surface area (Å²) in [6.07, 6.45) is 1.40. The zero-order valence-corrected chi connectivity index (χ0v) is 12.6. The number of nitrogens with one attached hydrogen (secondary N) is 1. The number of unbranched alkanes of at least 4 members (excludes halogenated alkanes) is 1. The minimum absolute atomic E-state index is 0.265. The Morgan fingerprint density at radius 3 is 2.25 bits per heavy atom. The van der Waals surface area contributed by atoms with Gasteiger partial charge in [-0.05, 0) is 49.9 Å². The number of aryl methyl sites for hydroxylation is 2. The SMILES string of the molecule is Cc1cc(N)cc(C)c1S(=O)(=O)NCCCCC(N)=O. The van der Waals surface area contributed by atoms with E-state index in [2.05, 4.69) is 4.72 Å². The molecule has 0 atom stereocenters. The van der Waals surface area contributed by atoms with Crippen molar-refractivity contribution in [2.75, 3.05) is 12.3 Å². The Morgan fingerprint density at radius 1 is 1.20 bits per heavy atom. The van der Waals surface area contributed by atoms with Gasteiger partial charge in [-0.3, -0.25) is 4.79 Å². The first-order chi connectivity index (χ1) is 9.24. The third-order valence-corrected chi connectivity index (χ3v) is 4.66. The van der Waals surface area contributed by atoms with Crippen molar-refractivity contribution in [3.8, 4) is 0 Å². The van der Waals surface area contributed by atoms with Crippen LogP contribution >= 0.6 is 0 Å². The van der Waals surface area contributed by atoms with Gasteiger partial charge in [-0.15, -0.1) is 0 Å². The van der Waals surface area contributed by atoms with Crippen LogP contribution in [0.5, 0.6) is 0 Å². The van der Waals surface area contributed by atoms with Gasteiger partial charge in [0.05, 0.1) is 4.90 Å². The van der Waals surface area contributed by atoms with Gasteiger partial charge in [0.1, 0.15) is 0 Å². The highest BCUT2D eigenvalue weighted by Gasteiger charge is 2.19. The number of hydrogen-bond donors (Lipinski definition) is 3. The smallest absolute Gasteiger partial charge is 0.241 e. The van der Waals surface area contributed by atoms with Crippen LogP contribution in [0.25, 0.3) is 0 Å². The molecule has 0 aromatic heterocycles. The van der Waals surface area contributed by atoms with Crippen LogP contribution in [-0.2, 0) is 14.8 Å². The average molecular weight is 299 g/mol. The van der Waals surface area contributed by atoms with Gasteiger partial charge in [0, 0.05) is 18.7 Å². The number of carbonyl (C=O) groups is 1. The number of nitrogens with two attached hydrogens (primary N) is 2. The van der Waals surface area contributed by atoms with Crippen LogP contribution in [0.1, 0.15) is 30.4 Å². The molecule has 0 unspecified atom stereocenters. The summed E-state index contributed by atoms with van der Waals surface area (Å²) in [4.78, 5) is 10.8. The van der Waals surface area contributed by atoms with Gasteiger partial charge in [0.2, 0.25) is 15.9 Å². The molecule has 0 saturated carbocycles. The summed E-state index contributed by atoms with van der Waals surface area (Å²) in [6.45, 7) is 3.70. The molecule has 20 heavy (non-hydrogen) atoms. The largest absolute Gasteiger partial charge is 0.399 e. The number of carbonyl (C=O) groups excluding carboxylic acids is 1. The molecule has 1 rings (SSSR count). The number of amides is 1. The van der Waals surface area contributed by atoms with Gasteiger partial charge in [-0.1, -0.05) is 0 Å². The number of nitrogen functional groups attached to an aromatic ring is 1. The molecule has 0 aliphatic carbocycles. The lowest BCUT2D eigenvalue weighted by Crippen LogP contribution is -2.26. The van der Waals surface area contributed by atoms with Crippen LogP contribution in [0, 0.1) is 13.8 Å². The monoisotopic (exact) mass is 299 g/mol. The molecule has 0 heterocycles. The van der Waals surface area contributed by atoms with E-state index in [0.717, 1.165) is 0 Å². The molecule has 112 valence electrons. The molecule has 7 heteroatoms. The summed E-state index contributed by atoms with van der Waals surface area (Å²) >= 11 is 0. The minimum atomic E-state index is -3.56. The number of benzene rings is 1. The predicted molar refractivity (Wildman–Crippen MR) is 78.6 cm³/mol. The van der Waals surface area contributed by atoms with Crippen molar-refractivity contribution < 1.29 is 13.2 Å². The van der Waals surface area contributed by atoms with E-state index in [-0.39, 0.29) is 23.8 Å². The van der Waals surface area contributed by atoms with E-state index in [1.54, 1.807) is 26.0 Å². The lowest BCUT2D eigenvalue weighted by atomic mass is 10.1. The second-order valence-corrected chi connectivity index (χ2v) is 6.51. The van der Waals surface area contributed by atoms with Crippen molar-refractivity contribution in [2.24, 2.45) is 5.73 Å². The van der Waals surface area contributed by atoms with Crippen LogP contribution in [0.2, 0.25) is 0 Å². The molecule has 1 amide bonds. The number of anilines is 1. The quantitative estimate of drug-likeness (QED) is 0.510. The fourth-order valence-electron chi connectivity index (χ4n) is 2.11. The molecule has 6 nitrogen and oxygen atoms in total. The molecule has 0 aliphatic rings. The van der Waals surface area contributed by atoms with Crippen molar-refractivity contribution in [1.29, 1.82) is 0 Å². The van der Waals surface area contributed by atoms with Gasteiger partial charge in [-0.2, -0.15) is 0 Å². The first-order valence-corrected chi connectivity index (χ1v) is 7.87. The molecule has 0 bridgehead atoms. The van der Waals surface area contributed by atoms with Crippen LogP contribution in [0.15, 0.2) is 17.0 Å². The van der Waals surface area contributed by atoms with Crippen molar-refractivity contribution in [2.45, 2.75) is 38.0 Å². The molecule has 5 N–H and O–H groups in total. The van der Waals surface area contributed by atoms with E-state index < -0.39 is 10.0 Å². The van der Waals surface area contributed by atoms with Gasteiger partial charge in [0.25, 0.3) is 0 Å². The fraction of sp³-hybridized carbons (Fsp3) is 0.462. The van der Waals surface area contributed by atoms with Gasteiger partial charge >= 0.3 is 0 Å². The number of rotatable bonds is 7. The standard InChI is InChI=1S/C13H21N3O3S/c1-9-7-11(14)8-10(2)13(9)20(18,19)16-6-4-3-5-12(15)17/h7-8,16H,3-6,14H2,1-2H3,(H2,15,17). The van der Waals surface area contributed by atoms with Crippen LogP contribution < -0.4 is 16.2 Å². The Morgan fingerprint density at radius 2 is 1.75 bits per heavy atom. The topological polar surface area (TPSA) is 115 Å². The van der Waals surface area contributed by atoms with Crippen molar-refractivity contribution in [1.82, 2.24) is 4.72 Å². The Kier molecular flexibility index (Phi) is 5.52. The number of sulfonamides is 1. The predicted octanol–water partition coefficient (Wildman–Crippen LogP) is 0.820. The Labute approximate surface area is 119 Å². The highest BCUT2D eigenvalue weighted by molar-refractivity contribution is 7.89. The van der Waals surface area contributed by atoms with E-state index in [0.29, 0.717) is 29.7 Å². The van der Waals surface area contributed by atoms with Gasteiger partial charge < -0.3 is 11.5 Å². The van der Waals surface area contributed by atoms with Gasteiger partial charge in [-0.25, -0.2) is 13.1 Å². The number of primary amides is 1. The summed E-state index contributed by atoms with van der Waals surface area (Å²) in [5, 5.41) is 0. The first kappa shape index (κ1) is 16.5. The molecular formula is C13H21N3O3S. The molecular weight excluding hydrogens is 278 g/mol. The van der Waals surface area contributed by atoms with E-state index in [4.69, 9.17) is 11.5 Å². The Hall–Kier alpha value is -1.60. The maximum Gasteiger partial charge on any atom is 0.241 e. The summed E-state index contributed by atoms with van der Waals surface area (Å²) in [7, 11) is -3.56. The van der Waals surface area contributed by atoms with E-state index in [1.807, 2.05) is 0 Å². The van der Waals surface area contributed by atoms with Crippen LogP contribution in [-0.4, -0.2) is 20.9 Å². The fourth-order valence-corrected chi connectivity index (χ4v) is 3.63. The molecule has 0 aliphatic heterocycles. The normalized spacial score (nSPS) is 11.5. The first-order valence-electron chi connectivity index (χ1n) is 6.38. The maximum atomic E-state index is 12.2. The van der Waals surface area contributed by atoms with E-state index >= 15 is 0 Å².